The Morgan fingerprint density at radius 1 is 0.800 bits per heavy atom. The first kappa shape index (κ1) is 21.7. The molecule has 1 unspecified atom stereocenters. The van der Waals surface area contributed by atoms with E-state index in [-0.39, 0.29) is 18.5 Å². The summed E-state index contributed by atoms with van der Waals surface area (Å²) in [6.07, 6.45) is 2.34. The Morgan fingerprint density at radius 3 is 1.88 bits per heavy atom. The smallest absolute Gasteiger partial charge is 0.0951 e. The average Bonchev–Trinajstić information content (AvgIpc) is 2.65. The zero-order chi connectivity index (χ0) is 17.2. The molecule has 2 rings (SSSR count). The molecule has 0 saturated carbocycles. The Bertz CT molecular complexity index is 566. The van der Waals surface area contributed by atoms with Gasteiger partial charge in [-0.3, -0.25) is 0 Å². The second-order valence-corrected chi connectivity index (χ2v) is 6.16. The van der Waals surface area contributed by atoms with Gasteiger partial charge < -0.3 is 9.64 Å². The number of hydrogen-bond donors (Lipinski definition) is 0. The molecule has 138 valence electrons. The number of ether oxygens (including phenoxy) is 1. The summed E-state index contributed by atoms with van der Waals surface area (Å²) in [5.74, 6) is 0. The fourth-order valence-electron chi connectivity index (χ4n) is 3.00. The second-order valence-electron chi connectivity index (χ2n) is 6.16. The van der Waals surface area contributed by atoms with Crippen molar-refractivity contribution in [2.45, 2.75) is 39.7 Å². The number of halogens is 1. The summed E-state index contributed by atoms with van der Waals surface area (Å²) >= 11 is 0. The number of aryl methyl sites for hydroxylation is 2. The van der Waals surface area contributed by atoms with Gasteiger partial charge >= 0.3 is 0 Å². The van der Waals surface area contributed by atoms with E-state index in [1.165, 1.54) is 16.7 Å². The van der Waals surface area contributed by atoms with Crippen LogP contribution in [0.3, 0.4) is 0 Å². The number of benzene rings is 2. The van der Waals surface area contributed by atoms with E-state index < -0.39 is 0 Å². The molecule has 1 atom stereocenters. The van der Waals surface area contributed by atoms with Crippen LogP contribution in [0.15, 0.2) is 54.6 Å². The van der Waals surface area contributed by atoms with Crippen molar-refractivity contribution >= 4 is 12.4 Å². The van der Waals surface area contributed by atoms with Crippen molar-refractivity contribution in [1.82, 2.24) is 4.90 Å². The molecule has 0 amide bonds. The monoisotopic (exact) mass is 361 g/mol. The van der Waals surface area contributed by atoms with Crippen LogP contribution < -0.4 is 0 Å². The van der Waals surface area contributed by atoms with Crippen molar-refractivity contribution in [2.24, 2.45) is 0 Å². The van der Waals surface area contributed by atoms with Crippen LogP contribution in [-0.2, 0) is 17.6 Å². The van der Waals surface area contributed by atoms with E-state index in [2.05, 4.69) is 80.3 Å². The quantitative estimate of drug-likeness (QED) is 0.568. The van der Waals surface area contributed by atoms with Crippen LogP contribution >= 0.6 is 12.4 Å². The zero-order valence-corrected chi connectivity index (χ0v) is 16.6. The average molecular weight is 362 g/mol. The topological polar surface area (TPSA) is 12.5 Å². The Morgan fingerprint density at radius 2 is 1.36 bits per heavy atom. The minimum atomic E-state index is 0. The lowest BCUT2D eigenvalue weighted by molar-refractivity contribution is 0.0348. The lowest BCUT2D eigenvalue weighted by atomic mass is 10.0. The molecule has 0 saturated heterocycles. The molecule has 0 aromatic heterocycles. The number of nitrogens with zero attached hydrogens (tertiary/aromatic N) is 1. The molecule has 0 heterocycles. The molecule has 2 nitrogen and oxygen atoms in total. The third-order valence-electron chi connectivity index (χ3n) is 4.58. The normalized spacial score (nSPS) is 12.0. The standard InChI is InChI=1S/C22H31NO.ClH/c1-4-23(5-2)18-22(24-6-3)21-16-14-20(15-17-21)13-12-19-10-8-7-9-11-19;/h7-11,14-17,22H,4-6,12-13,18H2,1-3H3;1H. The summed E-state index contributed by atoms with van der Waals surface area (Å²) in [7, 11) is 0. The van der Waals surface area contributed by atoms with Gasteiger partial charge in [0.2, 0.25) is 0 Å². The van der Waals surface area contributed by atoms with E-state index >= 15 is 0 Å². The first-order valence-corrected chi connectivity index (χ1v) is 9.23. The second kappa shape index (κ2) is 12.1. The molecule has 2 aromatic rings. The number of hydrogen-bond acceptors (Lipinski definition) is 2. The van der Waals surface area contributed by atoms with Gasteiger partial charge in [-0.15, -0.1) is 12.4 Å². The molecule has 0 aliphatic carbocycles. The minimum Gasteiger partial charge on any atom is -0.372 e. The summed E-state index contributed by atoms with van der Waals surface area (Å²) in [5, 5.41) is 0. The molecule has 2 aromatic carbocycles. The van der Waals surface area contributed by atoms with Gasteiger partial charge in [0, 0.05) is 13.2 Å². The molecular formula is C22H32ClNO. The van der Waals surface area contributed by atoms with Crippen molar-refractivity contribution < 1.29 is 4.74 Å². The van der Waals surface area contributed by atoms with Crippen molar-refractivity contribution in [2.75, 3.05) is 26.2 Å². The van der Waals surface area contributed by atoms with E-state index in [1.807, 2.05) is 0 Å². The van der Waals surface area contributed by atoms with Crippen LogP contribution in [0.1, 0.15) is 43.6 Å². The summed E-state index contributed by atoms with van der Waals surface area (Å²) < 4.78 is 5.99. The van der Waals surface area contributed by atoms with Crippen LogP contribution in [-0.4, -0.2) is 31.1 Å². The third kappa shape index (κ3) is 7.19. The van der Waals surface area contributed by atoms with Crippen LogP contribution in [0.4, 0.5) is 0 Å². The van der Waals surface area contributed by atoms with Crippen molar-refractivity contribution in [1.29, 1.82) is 0 Å². The molecule has 0 fully saturated rings. The van der Waals surface area contributed by atoms with E-state index in [0.29, 0.717) is 0 Å². The predicted octanol–water partition coefficient (Wildman–Crippen LogP) is 5.31. The summed E-state index contributed by atoms with van der Waals surface area (Å²) in [4.78, 5) is 2.42. The molecule has 25 heavy (non-hydrogen) atoms. The number of likely N-dealkylation sites (N-methyl/N-ethyl adjacent to an activating group) is 1. The Hall–Kier alpha value is -1.35. The fraction of sp³-hybridized carbons (Fsp3) is 0.455. The maximum absolute atomic E-state index is 5.99. The molecule has 0 aliphatic rings. The van der Waals surface area contributed by atoms with E-state index in [1.54, 1.807) is 0 Å². The van der Waals surface area contributed by atoms with Gasteiger partial charge in [0.15, 0.2) is 0 Å². The van der Waals surface area contributed by atoms with Gasteiger partial charge in [0.25, 0.3) is 0 Å². The molecule has 0 aliphatic heterocycles. The van der Waals surface area contributed by atoms with Gasteiger partial charge in [-0.2, -0.15) is 0 Å². The van der Waals surface area contributed by atoms with E-state index in [0.717, 1.165) is 39.1 Å². The van der Waals surface area contributed by atoms with Gasteiger partial charge in [0.05, 0.1) is 6.10 Å². The van der Waals surface area contributed by atoms with Gasteiger partial charge in [0.1, 0.15) is 0 Å². The van der Waals surface area contributed by atoms with Crippen LogP contribution in [0.5, 0.6) is 0 Å². The third-order valence-corrected chi connectivity index (χ3v) is 4.58. The van der Waals surface area contributed by atoms with Crippen LogP contribution in [0.2, 0.25) is 0 Å². The highest BCUT2D eigenvalue weighted by Gasteiger charge is 2.14. The summed E-state index contributed by atoms with van der Waals surface area (Å²) in [5.41, 5.74) is 4.07. The lowest BCUT2D eigenvalue weighted by Crippen LogP contribution is -2.29. The van der Waals surface area contributed by atoms with Crippen LogP contribution in [0.25, 0.3) is 0 Å². The van der Waals surface area contributed by atoms with Gasteiger partial charge in [-0.05, 0) is 49.5 Å². The summed E-state index contributed by atoms with van der Waals surface area (Å²) in [6, 6.07) is 19.7. The van der Waals surface area contributed by atoms with Crippen molar-refractivity contribution in [3.05, 3.63) is 71.3 Å². The molecular weight excluding hydrogens is 330 g/mol. The molecule has 0 N–H and O–H groups in total. The van der Waals surface area contributed by atoms with E-state index in [4.69, 9.17) is 4.74 Å². The highest BCUT2D eigenvalue weighted by molar-refractivity contribution is 5.85. The number of rotatable bonds is 10. The highest BCUT2D eigenvalue weighted by Crippen LogP contribution is 2.20. The molecule has 0 bridgehead atoms. The Labute approximate surface area is 159 Å². The van der Waals surface area contributed by atoms with Crippen molar-refractivity contribution in [3.63, 3.8) is 0 Å². The molecule has 0 spiro atoms. The fourth-order valence-corrected chi connectivity index (χ4v) is 3.00. The van der Waals surface area contributed by atoms with Gasteiger partial charge in [-0.25, -0.2) is 0 Å². The lowest BCUT2D eigenvalue weighted by Gasteiger charge is -2.25. The minimum absolute atomic E-state index is 0. The Kier molecular flexibility index (Phi) is 10.5. The van der Waals surface area contributed by atoms with Crippen molar-refractivity contribution in [3.8, 4) is 0 Å². The van der Waals surface area contributed by atoms with E-state index in [9.17, 15) is 0 Å². The first-order valence-electron chi connectivity index (χ1n) is 9.23. The SMILES string of the molecule is CCOC(CN(CC)CC)c1ccc(CCc2ccccc2)cc1.Cl. The van der Waals surface area contributed by atoms with Crippen LogP contribution in [0, 0.1) is 0 Å². The predicted molar refractivity (Wildman–Crippen MR) is 110 cm³/mol. The maximum atomic E-state index is 5.99. The first-order chi connectivity index (χ1) is 11.8. The summed E-state index contributed by atoms with van der Waals surface area (Å²) in [6.45, 7) is 10.3. The molecule has 0 radical (unpaired) electrons. The molecule has 3 heteroatoms. The maximum Gasteiger partial charge on any atom is 0.0951 e. The Balaban J connectivity index is 0.00000312. The largest absolute Gasteiger partial charge is 0.372 e. The zero-order valence-electron chi connectivity index (χ0n) is 15.8. The highest BCUT2D eigenvalue weighted by atomic mass is 35.5. The van der Waals surface area contributed by atoms with Gasteiger partial charge in [-0.1, -0.05) is 68.4 Å².